The van der Waals surface area contributed by atoms with Gasteiger partial charge in [-0.2, -0.15) is 0 Å². The monoisotopic (exact) mass is 172 g/mol. The van der Waals surface area contributed by atoms with E-state index in [-0.39, 0.29) is 17.3 Å². The molecule has 0 aliphatic carbocycles. The Kier molecular flexibility index (Phi) is 1.72. The van der Waals surface area contributed by atoms with E-state index in [1.165, 1.54) is 0 Å². The number of rotatable bonds is 0. The molecule has 1 spiro atoms. The summed E-state index contributed by atoms with van der Waals surface area (Å²) in [5.41, 5.74) is -0.626. The fourth-order valence-corrected chi connectivity index (χ4v) is 2.30. The molecule has 2 heterocycles. The minimum Gasteiger partial charge on any atom is -0.387 e. The Balaban J connectivity index is 2.05. The summed E-state index contributed by atoms with van der Waals surface area (Å²) in [6.45, 7) is 5.29. The molecule has 0 aromatic carbocycles. The molecule has 3 nitrogen and oxygen atoms in total. The van der Waals surface area contributed by atoms with Crippen LogP contribution in [-0.2, 0) is 9.47 Å². The van der Waals surface area contributed by atoms with Crippen molar-refractivity contribution in [1.82, 2.24) is 0 Å². The Bertz CT molecular complexity index is 182. The third kappa shape index (κ3) is 1.00. The molecule has 0 bridgehead atoms. The predicted octanol–water partition coefficient (Wildman–Crippen LogP) is 0.705. The van der Waals surface area contributed by atoms with Crippen LogP contribution in [0.15, 0.2) is 0 Å². The second-order valence-corrected chi connectivity index (χ2v) is 4.29. The Hall–Kier alpha value is -0.120. The fraction of sp³-hybridized carbons (Fsp3) is 1.00. The molecule has 1 unspecified atom stereocenters. The third-order valence-corrected chi connectivity index (χ3v) is 2.96. The van der Waals surface area contributed by atoms with Gasteiger partial charge in [0.1, 0.15) is 11.7 Å². The zero-order chi connectivity index (χ0) is 8.82. The lowest BCUT2D eigenvalue weighted by Gasteiger charge is -2.59. The van der Waals surface area contributed by atoms with Crippen LogP contribution in [0.5, 0.6) is 0 Å². The summed E-state index contributed by atoms with van der Waals surface area (Å²) >= 11 is 0. The summed E-state index contributed by atoms with van der Waals surface area (Å²) in [5.74, 6) is 0. The molecule has 0 aromatic rings. The van der Waals surface area contributed by atoms with Crippen LogP contribution >= 0.6 is 0 Å². The van der Waals surface area contributed by atoms with E-state index in [0.29, 0.717) is 13.2 Å². The maximum absolute atomic E-state index is 9.87. The molecule has 12 heavy (non-hydrogen) atoms. The van der Waals surface area contributed by atoms with Gasteiger partial charge in [0.05, 0.1) is 5.60 Å². The number of aliphatic hydroxyl groups is 1. The molecular weight excluding hydrogens is 156 g/mol. The topological polar surface area (TPSA) is 38.7 Å². The Labute approximate surface area is 72.7 Å². The van der Waals surface area contributed by atoms with Crippen molar-refractivity contribution in [2.75, 3.05) is 13.2 Å². The predicted molar refractivity (Wildman–Crippen MR) is 44.0 cm³/mol. The smallest absolute Gasteiger partial charge is 0.112 e. The molecule has 3 heteroatoms. The van der Waals surface area contributed by atoms with Gasteiger partial charge in [0.15, 0.2) is 0 Å². The van der Waals surface area contributed by atoms with E-state index in [4.69, 9.17) is 9.47 Å². The molecular formula is C9H16O3. The molecule has 0 amide bonds. The highest BCUT2D eigenvalue weighted by atomic mass is 16.6. The maximum atomic E-state index is 9.87. The van der Waals surface area contributed by atoms with E-state index in [1.807, 2.05) is 13.8 Å². The maximum Gasteiger partial charge on any atom is 0.112 e. The zero-order valence-corrected chi connectivity index (χ0v) is 7.67. The zero-order valence-electron chi connectivity index (χ0n) is 7.67. The number of aliphatic hydroxyl groups excluding tert-OH is 1. The van der Waals surface area contributed by atoms with E-state index in [0.717, 1.165) is 12.8 Å². The summed E-state index contributed by atoms with van der Waals surface area (Å²) in [7, 11) is 0. The Morgan fingerprint density at radius 1 is 1.25 bits per heavy atom. The molecule has 1 atom stereocenters. The quantitative estimate of drug-likeness (QED) is 0.584. The minimum absolute atomic E-state index is 0.276. The first-order chi connectivity index (χ1) is 5.57. The van der Waals surface area contributed by atoms with Crippen molar-refractivity contribution in [3.05, 3.63) is 0 Å². The lowest BCUT2D eigenvalue weighted by atomic mass is 9.73. The van der Waals surface area contributed by atoms with Gasteiger partial charge >= 0.3 is 0 Å². The van der Waals surface area contributed by atoms with Gasteiger partial charge in [0.2, 0.25) is 0 Å². The summed E-state index contributed by atoms with van der Waals surface area (Å²) in [6, 6.07) is 0. The first kappa shape index (κ1) is 8.48. The van der Waals surface area contributed by atoms with Crippen molar-refractivity contribution in [3.8, 4) is 0 Å². The van der Waals surface area contributed by atoms with Gasteiger partial charge in [0, 0.05) is 26.1 Å². The third-order valence-electron chi connectivity index (χ3n) is 2.96. The second kappa shape index (κ2) is 2.44. The van der Waals surface area contributed by atoms with Crippen LogP contribution in [0.3, 0.4) is 0 Å². The molecule has 2 saturated heterocycles. The van der Waals surface area contributed by atoms with Crippen molar-refractivity contribution >= 4 is 0 Å². The minimum atomic E-state index is -0.350. The lowest BCUT2D eigenvalue weighted by molar-refractivity contribution is -0.350. The van der Waals surface area contributed by atoms with Crippen molar-refractivity contribution in [2.45, 2.75) is 44.0 Å². The molecule has 0 radical (unpaired) electrons. The van der Waals surface area contributed by atoms with Crippen LogP contribution in [0.2, 0.25) is 0 Å². The van der Waals surface area contributed by atoms with Crippen LogP contribution in [0, 0.1) is 0 Å². The molecule has 0 saturated carbocycles. The molecule has 2 aliphatic rings. The molecule has 70 valence electrons. The second-order valence-electron chi connectivity index (χ2n) is 4.29. The number of hydrogen-bond donors (Lipinski definition) is 1. The van der Waals surface area contributed by atoms with Crippen LogP contribution in [0.25, 0.3) is 0 Å². The van der Waals surface area contributed by atoms with Gasteiger partial charge in [-0.3, -0.25) is 0 Å². The highest BCUT2D eigenvalue weighted by Gasteiger charge is 2.59. The summed E-state index contributed by atoms with van der Waals surface area (Å²) in [5, 5.41) is 9.87. The van der Waals surface area contributed by atoms with Crippen LogP contribution in [0.4, 0.5) is 0 Å². The largest absolute Gasteiger partial charge is 0.387 e. The van der Waals surface area contributed by atoms with Gasteiger partial charge in [-0.15, -0.1) is 0 Å². The van der Waals surface area contributed by atoms with E-state index < -0.39 is 0 Å². The van der Waals surface area contributed by atoms with Crippen LogP contribution < -0.4 is 0 Å². The van der Waals surface area contributed by atoms with Gasteiger partial charge in [0.25, 0.3) is 0 Å². The first-order valence-electron chi connectivity index (χ1n) is 4.53. The molecule has 0 aromatic heterocycles. The first-order valence-corrected chi connectivity index (χ1v) is 4.53. The number of ether oxygens (including phenoxy) is 2. The van der Waals surface area contributed by atoms with E-state index in [2.05, 4.69) is 0 Å². The van der Waals surface area contributed by atoms with Crippen LogP contribution in [0.1, 0.15) is 26.7 Å². The average Bonchev–Trinajstić information content (AvgIpc) is 2.05. The van der Waals surface area contributed by atoms with Crippen molar-refractivity contribution in [2.24, 2.45) is 0 Å². The molecule has 2 aliphatic heterocycles. The summed E-state index contributed by atoms with van der Waals surface area (Å²) < 4.78 is 11.0. The molecule has 2 rings (SSSR count). The average molecular weight is 172 g/mol. The summed E-state index contributed by atoms with van der Waals surface area (Å²) in [4.78, 5) is 0. The highest BCUT2D eigenvalue weighted by molar-refractivity contribution is 5.08. The van der Waals surface area contributed by atoms with Gasteiger partial charge in [-0.25, -0.2) is 0 Å². The van der Waals surface area contributed by atoms with Gasteiger partial charge in [-0.1, -0.05) is 0 Å². The van der Waals surface area contributed by atoms with Crippen molar-refractivity contribution in [1.29, 1.82) is 0 Å². The summed E-state index contributed by atoms with van der Waals surface area (Å²) in [6.07, 6.45) is 1.34. The van der Waals surface area contributed by atoms with Gasteiger partial charge < -0.3 is 14.6 Å². The Morgan fingerprint density at radius 2 is 1.83 bits per heavy atom. The van der Waals surface area contributed by atoms with Crippen LogP contribution in [-0.4, -0.2) is 35.6 Å². The number of hydrogen-bond acceptors (Lipinski definition) is 3. The molecule has 2 fully saturated rings. The van der Waals surface area contributed by atoms with Crippen molar-refractivity contribution in [3.63, 3.8) is 0 Å². The van der Waals surface area contributed by atoms with E-state index in [9.17, 15) is 5.11 Å². The highest BCUT2D eigenvalue weighted by Crippen LogP contribution is 2.47. The lowest BCUT2D eigenvalue weighted by Crippen LogP contribution is -2.71. The van der Waals surface area contributed by atoms with Crippen molar-refractivity contribution < 1.29 is 14.6 Å². The fourth-order valence-electron chi connectivity index (χ4n) is 2.30. The normalized spacial score (nSPS) is 37.8. The Morgan fingerprint density at radius 3 is 2.25 bits per heavy atom. The SMILES string of the molecule is CC1(C)OC2(CCOCC2)C1O. The van der Waals surface area contributed by atoms with E-state index >= 15 is 0 Å². The van der Waals surface area contributed by atoms with E-state index in [1.54, 1.807) is 0 Å². The standard InChI is InChI=1S/C9H16O3/c1-8(2)7(10)9(12-8)3-5-11-6-4-9/h7,10H,3-6H2,1-2H3. The van der Waals surface area contributed by atoms with Gasteiger partial charge in [-0.05, 0) is 13.8 Å². The molecule has 1 N–H and O–H groups in total.